The predicted octanol–water partition coefficient (Wildman–Crippen LogP) is 3.47. The minimum Gasteiger partial charge on any atom is -0.326 e. The molecule has 0 aliphatic carbocycles. The van der Waals surface area contributed by atoms with Crippen molar-refractivity contribution < 1.29 is 22.4 Å². The lowest BCUT2D eigenvalue weighted by molar-refractivity contribution is -0.114. The van der Waals surface area contributed by atoms with Crippen molar-refractivity contribution in [3.8, 4) is 0 Å². The molecule has 0 spiro atoms. The Labute approximate surface area is 172 Å². The third-order valence-corrected chi connectivity index (χ3v) is 6.64. The predicted molar refractivity (Wildman–Crippen MR) is 108 cm³/mol. The molecule has 2 N–H and O–H groups in total. The van der Waals surface area contributed by atoms with E-state index in [9.17, 15) is 22.4 Å². The molecule has 10 heteroatoms. The molecule has 1 aliphatic rings. The quantitative estimate of drug-likeness (QED) is 0.745. The third-order valence-electron chi connectivity index (χ3n) is 4.41. The van der Waals surface area contributed by atoms with E-state index in [1.807, 2.05) is 0 Å². The fourth-order valence-electron chi connectivity index (χ4n) is 3.00. The second kappa shape index (κ2) is 8.48. The number of halogens is 2. The average Bonchev–Trinajstić information content (AvgIpc) is 3.19. The lowest BCUT2D eigenvalue weighted by Gasteiger charge is -2.16. The molecular formula is C19H19ClFN3O4S. The molecule has 0 bridgehead atoms. The van der Waals surface area contributed by atoms with E-state index in [1.165, 1.54) is 29.4 Å². The molecule has 0 aromatic heterocycles. The molecule has 1 heterocycles. The number of amides is 2. The highest BCUT2D eigenvalue weighted by Crippen LogP contribution is 2.27. The van der Waals surface area contributed by atoms with E-state index in [2.05, 4.69) is 10.6 Å². The smallest absolute Gasteiger partial charge is 0.255 e. The fraction of sp³-hybridized carbons (Fsp3) is 0.263. The van der Waals surface area contributed by atoms with E-state index in [0.29, 0.717) is 31.6 Å². The Balaban J connectivity index is 1.84. The summed E-state index contributed by atoms with van der Waals surface area (Å²) in [6.45, 7) is 2.01. The van der Waals surface area contributed by atoms with Crippen molar-refractivity contribution >= 4 is 44.8 Å². The van der Waals surface area contributed by atoms with Crippen LogP contribution in [0.15, 0.2) is 41.3 Å². The first-order chi connectivity index (χ1) is 13.7. The van der Waals surface area contributed by atoms with Gasteiger partial charge in [0.25, 0.3) is 5.91 Å². The van der Waals surface area contributed by atoms with E-state index in [4.69, 9.17) is 11.6 Å². The van der Waals surface area contributed by atoms with Crippen LogP contribution in [0, 0.1) is 5.82 Å². The van der Waals surface area contributed by atoms with Gasteiger partial charge in [-0.3, -0.25) is 9.59 Å². The van der Waals surface area contributed by atoms with Gasteiger partial charge in [0.05, 0.1) is 10.7 Å². The molecule has 2 aromatic carbocycles. The average molecular weight is 440 g/mol. The minimum atomic E-state index is -4.01. The van der Waals surface area contributed by atoms with Gasteiger partial charge in [-0.05, 0) is 49.2 Å². The van der Waals surface area contributed by atoms with Crippen molar-refractivity contribution in [2.75, 3.05) is 23.7 Å². The summed E-state index contributed by atoms with van der Waals surface area (Å²) in [5, 5.41) is 5.30. The minimum absolute atomic E-state index is 0.0221. The number of hydrogen-bond donors (Lipinski definition) is 2. The molecule has 0 atom stereocenters. The zero-order valence-electron chi connectivity index (χ0n) is 15.5. The topological polar surface area (TPSA) is 95.6 Å². The first kappa shape index (κ1) is 21.2. The number of hydrogen-bond acceptors (Lipinski definition) is 4. The van der Waals surface area contributed by atoms with Gasteiger partial charge < -0.3 is 10.6 Å². The first-order valence-electron chi connectivity index (χ1n) is 8.86. The van der Waals surface area contributed by atoms with Gasteiger partial charge >= 0.3 is 0 Å². The highest BCUT2D eigenvalue weighted by molar-refractivity contribution is 7.89. The molecule has 2 aromatic rings. The Kier molecular flexibility index (Phi) is 6.21. The molecule has 2 amide bonds. The number of nitrogens with zero attached hydrogens (tertiary/aromatic N) is 1. The van der Waals surface area contributed by atoms with Crippen molar-refractivity contribution in [2.24, 2.45) is 0 Å². The van der Waals surface area contributed by atoms with Gasteiger partial charge in [0.2, 0.25) is 15.9 Å². The number of carbonyl (C=O) groups is 2. The van der Waals surface area contributed by atoms with Crippen LogP contribution in [0.25, 0.3) is 0 Å². The second-order valence-corrected chi connectivity index (χ2v) is 8.90. The van der Waals surface area contributed by atoms with E-state index < -0.39 is 26.6 Å². The summed E-state index contributed by atoms with van der Waals surface area (Å²) in [7, 11) is -4.01. The van der Waals surface area contributed by atoms with Crippen LogP contribution in [0.1, 0.15) is 30.1 Å². The number of carbonyl (C=O) groups excluding carboxylic acids is 2. The van der Waals surface area contributed by atoms with Crippen LogP contribution < -0.4 is 10.6 Å². The molecule has 0 radical (unpaired) electrons. The van der Waals surface area contributed by atoms with Gasteiger partial charge in [0, 0.05) is 31.3 Å². The normalized spacial score (nSPS) is 14.6. The Morgan fingerprint density at radius 1 is 1.07 bits per heavy atom. The number of rotatable bonds is 5. The lowest BCUT2D eigenvalue weighted by Crippen LogP contribution is -2.29. The maximum Gasteiger partial charge on any atom is 0.255 e. The van der Waals surface area contributed by atoms with Gasteiger partial charge in [-0.1, -0.05) is 11.6 Å². The highest BCUT2D eigenvalue weighted by atomic mass is 35.5. The fourth-order valence-corrected chi connectivity index (χ4v) is 4.84. The summed E-state index contributed by atoms with van der Waals surface area (Å²) < 4.78 is 40.8. The van der Waals surface area contributed by atoms with Crippen LogP contribution in [-0.2, 0) is 14.8 Å². The van der Waals surface area contributed by atoms with Crippen molar-refractivity contribution in [3.05, 3.63) is 52.8 Å². The summed E-state index contributed by atoms with van der Waals surface area (Å²) in [6, 6.07) is 7.70. The van der Waals surface area contributed by atoms with Crippen molar-refractivity contribution in [3.63, 3.8) is 0 Å². The van der Waals surface area contributed by atoms with Gasteiger partial charge in [0.1, 0.15) is 10.7 Å². The van der Waals surface area contributed by atoms with Gasteiger partial charge in [-0.15, -0.1) is 0 Å². The maximum atomic E-state index is 14.2. The van der Waals surface area contributed by atoms with Crippen molar-refractivity contribution in [2.45, 2.75) is 24.7 Å². The summed E-state index contributed by atoms with van der Waals surface area (Å²) in [6.07, 6.45) is 1.43. The van der Waals surface area contributed by atoms with Gasteiger partial charge in [-0.25, -0.2) is 12.8 Å². The first-order valence-corrected chi connectivity index (χ1v) is 10.7. The van der Waals surface area contributed by atoms with Crippen LogP contribution in [0.2, 0.25) is 5.02 Å². The van der Waals surface area contributed by atoms with E-state index in [1.54, 1.807) is 6.07 Å². The molecule has 0 saturated carbocycles. The monoisotopic (exact) mass is 439 g/mol. The Bertz CT molecular complexity index is 1070. The molecule has 29 heavy (non-hydrogen) atoms. The maximum absolute atomic E-state index is 14.2. The number of nitrogens with one attached hydrogen (secondary N) is 2. The second-order valence-electron chi connectivity index (χ2n) is 6.59. The molecule has 154 valence electrons. The SMILES string of the molecule is CC(=O)Nc1ccc(NC(=O)c2ccc(F)c(S(=O)(=O)N3CCCC3)c2)c(Cl)c1. The lowest BCUT2D eigenvalue weighted by atomic mass is 10.2. The van der Waals surface area contributed by atoms with Crippen molar-refractivity contribution in [1.82, 2.24) is 4.31 Å². The Morgan fingerprint density at radius 3 is 2.38 bits per heavy atom. The highest BCUT2D eigenvalue weighted by Gasteiger charge is 2.30. The number of anilines is 2. The van der Waals surface area contributed by atoms with E-state index in [0.717, 1.165) is 12.1 Å². The largest absolute Gasteiger partial charge is 0.326 e. The zero-order chi connectivity index (χ0) is 21.2. The summed E-state index contributed by atoms with van der Waals surface area (Å²) in [5.41, 5.74) is 0.700. The molecule has 0 unspecified atom stereocenters. The number of benzene rings is 2. The molecule has 7 nitrogen and oxygen atoms in total. The van der Waals surface area contributed by atoms with E-state index in [-0.39, 0.29) is 22.2 Å². The zero-order valence-corrected chi connectivity index (χ0v) is 17.1. The number of sulfonamides is 1. The van der Waals surface area contributed by atoms with Crippen molar-refractivity contribution in [1.29, 1.82) is 0 Å². The van der Waals surface area contributed by atoms with Crippen LogP contribution in [-0.4, -0.2) is 37.6 Å². The molecule has 1 fully saturated rings. The molecule has 3 rings (SSSR count). The van der Waals surface area contributed by atoms with Crippen LogP contribution >= 0.6 is 11.6 Å². The Morgan fingerprint density at radius 2 is 1.76 bits per heavy atom. The summed E-state index contributed by atoms with van der Waals surface area (Å²) in [5.74, 6) is -1.82. The van der Waals surface area contributed by atoms with Crippen LogP contribution in [0.4, 0.5) is 15.8 Å². The van der Waals surface area contributed by atoms with E-state index >= 15 is 0 Å². The molecular weight excluding hydrogens is 421 g/mol. The standard InChI is InChI=1S/C19H19ClFN3O4S/c1-12(25)22-14-5-7-17(15(20)11-14)23-19(26)13-4-6-16(21)18(10-13)29(27,28)24-8-2-3-9-24/h4-7,10-11H,2-3,8-9H2,1H3,(H,22,25)(H,23,26). The van der Waals surface area contributed by atoms with Crippen LogP contribution in [0.5, 0.6) is 0 Å². The molecule has 1 saturated heterocycles. The third kappa shape index (κ3) is 4.75. The summed E-state index contributed by atoms with van der Waals surface area (Å²) >= 11 is 6.13. The van der Waals surface area contributed by atoms with Gasteiger partial charge in [0.15, 0.2) is 0 Å². The van der Waals surface area contributed by atoms with Gasteiger partial charge in [-0.2, -0.15) is 4.31 Å². The molecule has 1 aliphatic heterocycles. The summed E-state index contributed by atoms with van der Waals surface area (Å²) in [4.78, 5) is 23.1. The van der Waals surface area contributed by atoms with Crippen LogP contribution in [0.3, 0.4) is 0 Å². The Hall–Kier alpha value is -2.49.